The summed E-state index contributed by atoms with van der Waals surface area (Å²) in [7, 11) is 0. The molecule has 23 heavy (non-hydrogen) atoms. The van der Waals surface area contributed by atoms with Gasteiger partial charge in [0.2, 0.25) is 5.91 Å². The van der Waals surface area contributed by atoms with Gasteiger partial charge in [0.05, 0.1) is 12.6 Å². The van der Waals surface area contributed by atoms with Crippen molar-refractivity contribution in [3.63, 3.8) is 0 Å². The largest absolute Gasteiger partial charge is 0.387 e. The highest BCUT2D eigenvalue weighted by molar-refractivity contribution is 5.75. The van der Waals surface area contributed by atoms with E-state index in [9.17, 15) is 14.3 Å². The van der Waals surface area contributed by atoms with Crippen LogP contribution in [0.1, 0.15) is 25.5 Å². The van der Waals surface area contributed by atoms with Gasteiger partial charge in [-0.25, -0.2) is 9.07 Å². The molecule has 0 aliphatic heterocycles. The molecule has 0 fully saturated rings. The molecule has 124 valence electrons. The highest BCUT2D eigenvalue weighted by atomic mass is 19.1. The quantitative estimate of drug-likeness (QED) is 0.823. The van der Waals surface area contributed by atoms with Gasteiger partial charge in [-0.1, -0.05) is 26.0 Å². The first-order chi connectivity index (χ1) is 11.0. The first-order valence-electron chi connectivity index (χ1n) is 7.37. The third kappa shape index (κ3) is 5.10. The molecule has 8 heteroatoms. The van der Waals surface area contributed by atoms with Gasteiger partial charge in [-0.05, 0) is 34.0 Å². The van der Waals surface area contributed by atoms with Gasteiger partial charge in [0, 0.05) is 6.54 Å². The van der Waals surface area contributed by atoms with Crippen molar-refractivity contribution in [2.75, 3.05) is 13.1 Å². The number of carbonyl (C=O) groups is 1. The summed E-state index contributed by atoms with van der Waals surface area (Å²) in [6, 6.07) is 5.60. The third-order valence-electron chi connectivity index (χ3n) is 3.28. The van der Waals surface area contributed by atoms with Gasteiger partial charge in [0.1, 0.15) is 18.7 Å². The van der Waals surface area contributed by atoms with Crippen LogP contribution in [0.25, 0.3) is 0 Å². The number of rotatable bonds is 7. The second-order valence-electron chi connectivity index (χ2n) is 5.77. The molecule has 0 aliphatic rings. The van der Waals surface area contributed by atoms with Crippen LogP contribution >= 0.6 is 0 Å². The SMILES string of the molecule is CC(C)CN(CC(O)c1ccc(F)cc1)C(=O)Cn1cnnn1. The summed E-state index contributed by atoms with van der Waals surface area (Å²) < 4.78 is 14.3. The molecule has 0 spiro atoms. The van der Waals surface area contributed by atoms with Crippen LogP contribution in [0.4, 0.5) is 4.39 Å². The number of carbonyl (C=O) groups excluding carboxylic acids is 1. The molecule has 1 atom stereocenters. The Morgan fingerprint density at radius 2 is 2.00 bits per heavy atom. The zero-order valence-electron chi connectivity index (χ0n) is 13.1. The maximum Gasteiger partial charge on any atom is 0.244 e. The molecule has 1 unspecified atom stereocenters. The Labute approximate surface area is 133 Å². The van der Waals surface area contributed by atoms with Crippen molar-refractivity contribution in [2.24, 2.45) is 5.92 Å². The van der Waals surface area contributed by atoms with Crippen LogP contribution in [0.15, 0.2) is 30.6 Å². The Morgan fingerprint density at radius 3 is 2.57 bits per heavy atom. The number of hydrogen-bond acceptors (Lipinski definition) is 5. The van der Waals surface area contributed by atoms with E-state index in [2.05, 4.69) is 15.5 Å². The molecule has 0 aliphatic carbocycles. The number of aliphatic hydroxyl groups is 1. The van der Waals surface area contributed by atoms with Crippen molar-refractivity contribution in [3.05, 3.63) is 42.0 Å². The van der Waals surface area contributed by atoms with Crippen molar-refractivity contribution < 1.29 is 14.3 Å². The predicted molar refractivity (Wildman–Crippen MR) is 80.6 cm³/mol. The number of hydrogen-bond donors (Lipinski definition) is 1. The van der Waals surface area contributed by atoms with E-state index in [1.165, 1.54) is 35.3 Å². The first kappa shape index (κ1) is 17.0. The minimum atomic E-state index is -0.882. The van der Waals surface area contributed by atoms with Gasteiger partial charge in [-0.15, -0.1) is 5.10 Å². The zero-order valence-corrected chi connectivity index (χ0v) is 13.1. The summed E-state index contributed by atoms with van der Waals surface area (Å²) >= 11 is 0. The Morgan fingerprint density at radius 1 is 1.30 bits per heavy atom. The smallest absolute Gasteiger partial charge is 0.244 e. The monoisotopic (exact) mass is 321 g/mol. The molecule has 1 N–H and O–H groups in total. The number of amides is 1. The molecule has 0 saturated heterocycles. The van der Waals surface area contributed by atoms with Crippen molar-refractivity contribution in [3.8, 4) is 0 Å². The van der Waals surface area contributed by atoms with Gasteiger partial charge in [-0.3, -0.25) is 4.79 Å². The number of tetrazole rings is 1. The van der Waals surface area contributed by atoms with Gasteiger partial charge in [-0.2, -0.15) is 0 Å². The highest BCUT2D eigenvalue weighted by Gasteiger charge is 2.20. The van der Waals surface area contributed by atoms with Crippen LogP contribution in [-0.2, 0) is 11.3 Å². The van der Waals surface area contributed by atoms with Crippen LogP contribution in [-0.4, -0.2) is 49.2 Å². The molecule has 2 rings (SSSR count). The minimum Gasteiger partial charge on any atom is -0.387 e. The first-order valence-corrected chi connectivity index (χ1v) is 7.37. The topological polar surface area (TPSA) is 84.1 Å². The standard InChI is InChI=1S/C15H20FN5O2/c1-11(2)7-20(15(23)9-21-10-17-18-19-21)8-14(22)12-3-5-13(16)6-4-12/h3-6,10-11,14,22H,7-9H2,1-2H3. The Kier molecular flexibility index (Phi) is 5.75. The third-order valence-corrected chi connectivity index (χ3v) is 3.28. The lowest BCUT2D eigenvalue weighted by molar-refractivity contribution is -0.134. The molecule has 1 amide bonds. The summed E-state index contributed by atoms with van der Waals surface area (Å²) in [5.41, 5.74) is 0.565. The van der Waals surface area contributed by atoms with E-state index in [0.717, 1.165) is 0 Å². The fraction of sp³-hybridized carbons (Fsp3) is 0.467. The highest BCUT2D eigenvalue weighted by Crippen LogP contribution is 2.16. The normalized spacial score (nSPS) is 12.4. The molecule has 1 aromatic carbocycles. The zero-order chi connectivity index (χ0) is 16.8. The predicted octanol–water partition coefficient (Wildman–Crippen LogP) is 1.03. The fourth-order valence-corrected chi connectivity index (χ4v) is 2.21. The van der Waals surface area contributed by atoms with Gasteiger partial charge in [0.15, 0.2) is 0 Å². The Balaban J connectivity index is 2.05. The number of aromatic nitrogens is 4. The molecule has 0 bridgehead atoms. The van der Waals surface area contributed by atoms with Crippen LogP contribution < -0.4 is 0 Å². The molecule has 0 radical (unpaired) electrons. The summed E-state index contributed by atoms with van der Waals surface area (Å²) in [5, 5.41) is 21.0. The average molecular weight is 321 g/mol. The van der Waals surface area contributed by atoms with Crippen molar-refractivity contribution >= 4 is 5.91 Å². The minimum absolute atomic E-state index is 0.00978. The van der Waals surface area contributed by atoms with Crippen LogP contribution in [0.2, 0.25) is 0 Å². The lowest BCUT2D eigenvalue weighted by Gasteiger charge is -2.27. The van der Waals surface area contributed by atoms with E-state index in [0.29, 0.717) is 12.1 Å². The second-order valence-corrected chi connectivity index (χ2v) is 5.77. The van der Waals surface area contributed by atoms with E-state index < -0.39 is 6.10 Å². The molecule has 7 nitrogen and oxygen atoms in total. The molecular weight excluding hydrogens is 301 g/mol. The van der Waals surface area contributed by atoms with E-state index in [-0.39, 0.29) is 30.7 Å². The van der Waals surface area contributed by atoms with Crippen LogP contribution in [0.3, 0.4) is 0 Å². The summed E-state index contributed by atoms with van der Waals surface area (Å²) in [6.45, 7) is 4.61. The summed E-state index contributed by atoms with van der Waals surface area (Å²) in [4.78, 5) is 14.0. The average Bonchev–Trinajstić information content (AvgIpc) is 2.99. The van der Waals surface area contributed by atoms with E-state index >= 15 is 0 Å². The summed E-state index contributed by atoms with van der Waals surface area (Å²) in [5.74, 6) is -0.310. The van der Waals surface area contributed by atoms with Gasteiger partial charge >= 0.3 is 0 Å². The maximum absolute atomic E-state index is 13.0. The number of nitrogens with zero attached hydrogens (tertiary/aromatic N) is 5. The molecule has 1 aromatic heterocycles. The Bertz CT molecular complexity index is 615. The number of halogens is 1. The fourth-order valence-electron chi connectivity index (χ4n) is 2.21. The lowest BCUT2D eigenvalue weighted by atomic mass is 10.1. The number of aliphatic hydroxyl groups excluding tert-OH is 1. The van der Waals surface area contributed by atoms with Gasteiger partial charge < -0.3 is 10.0 Å². The molecular formula is C15H20FN5O2. The lowest BCUT2D eigenvalue weighted by Crippen LogP contribution is -2.39. The maximum atomic E-state index is 13.0. The van der Waals surface area contributed by atoms with E-state index in [1.54, 1.807) is 4.90 Å². The van der Waals surface area contributed by atoms with Crippen LogP contribution in [0, 0.1) is 11.7 Å². The van der Waals surface area contributed by atoms with E-state index in [1.807, 2.05) is 13.8 Å². The van der Waals surface area contributed by atoms with E-state index in [4.69, 9.17) is 0 Å². The van der Waals surface area contributed by atoms with Gasteiger partial charge in [0.25, 0.3) is 0 Å². The molecule has 1 heterocycles. The molecule has 0 saturated carbocycles. The molecule has 2 aromatic rings. The second kappa shape index (κ2) is 7.77. The van der Waals surface area contributed by atoms with Crippen molar-refractivity contribution in [1.82, 2.24) is 25.1 Å². The van der Waals surface area contributed by atoms with Crippen LogP contribution in [0.5, 0.6) is 0 Å². The van der Waals surface area contributed by atoms with Crippen molar-refractivity contribution in [2.45, 2.75) is 26.5 Å². The van der Waals surface area contributed by atoms with Crippen molar-refractivity contribution in [1.29, 1.82) is 0 Å². The Hall–Kier alpha value is -2.35. The summed E-state index contributed by atoms with van der Waals surface area (Å²) in [6.07, 6.45) is 0.481. The number of benzene rings is 1.